The summed E-state index contributed by atoms with van der Waals surface area (Å²) in [5, 5.41) is 0.877. The van der Waals surface area contributed by atoms with E-state index < -0.39 is 0 Å². The van der Waals surface area contributed by atoms with E-state index in [9.17, 15) is 0 Å². The molecule has 0 aromatic heterocycles. The summed E-state index contributed by atoms with van der Waals surface area (Å²) >= 11 is 6.27. The Hall–Kier alpha value is -1.71. The van der Waals surface area contributed by atoms with E-state index in [2.05, 4.69) is 29.2 Å². The van der Waals surface area contributed by atoms with Crippen LogP contribution in [0.25, 0.3) is 0 Å². The van der Waals surface area contributed by atoms with Crippen LogP contribution in [0.1, 0.15) is 5.56 Å². The molecule has 3 rings (SSSR count). The molecule has 0 saturated carbocycles. The largest absolute Gasteiger partial charge is 0.495 e. The minimum atomic E-state index is 0.877. The van der Waals surface area contributed by atoms with Crippen molar-refractivity contribution < 1.29 is 9.64 Å². The maximum atomic E-state index is 6.27. The summed E-state index contributed by atoms with van der Waals surface area (Å²) < 4.78 is 5.47. The van der Waals surface area contributed by atoms with Gasteiger partial charge in [0.2, 0.25) is 0 Å². The zero-order valence-electron chi connectivity index (χ0n) is 12.9. The van der Waals surface area contributed by atoms with Crippen LogP contribution in [0.3, 0.4) is 0 Å². The van der Waals surface area contributed by atoms with Crippen LogP contribution in [-0.4, -0.2) is 33.3 Å². The van der Waals surface area contributed by atoms with Gasteiger partial charge in [-0.05, 0) is 18.2 Å². The fraction of sp³-hybridized carbons (Fsp3) is 0.333. The summed E-state index contributed by atoms with van der Waals surface area (Å²) in [7, 11) is 1.73. The normalized spacial score (nSPS) is 15.8. The van der Waals surface area contributed by atoms with E-state index in [0.29, 0.717) is 0 Å². The molecule has 0 bridgehead atoms. The average molecular weight is 318 g/mol. The van der Waals surface area contributed by atoms with Gasteiger partial charge in [0, 0.05) is 10.6 Å². The molecule has 3 nitrogen and oxygen atoms in total. The number of hydrogen-bond donors (Lipinski definition) is 1. The van der Waals surface area contributed by atoms with E-state index in [0.717, 1.165) is 43.5 Å². The summed E-state index contributed by atoms with van der Waals surface area (Å²) in [4.78, 5) is 3.99. The SMILES string of the molecule is COc1ccccc1N1CC[NH+](Cc2ccccc2Cl)CC1. The van der Waals surface area contributed by atoms with Gasteiger partial charge in [-0.2, -0.15) is 0 Å². The number of nitrogens with one attached hydrogen (secondary N) is 1. The number of rotatable bonds is 4. The lowest BCUT2D eigenvalue weighted by atomic mass is 10.2. The molecule has 0 unspecified atom stereocenters. The molecule has 4 heteroatoms. The van der Waals surface area contributed by atoms with E-state index in [-0.39, 0.29) is 0 Å². The van der Waals surface area contributed by atoms with Crippen LogP contribution in [-0.2, 0) is 6.54 Å². The Morgan fingerprint density at radius 3 is 2.45 bits per heavy atom. The van der Waals surface area contributed by atoms with Crippen molar-refractivity contribution >= 4 is 17.3 Å². The number of ether oxygens (including phenoxy) is 1. The first-order chi connectivity index (χ1) is 10.8. The summed E-state index contributed by atoms with van der Waals surface area (Å²) in [5.74, 6) is 0.956. The lowest BCUT2D eigenvalue weighted by Gasteiger charge is -2.34. The minimum Gasteiger partial charge on any atom is -0.495 e. The zero-order valence-corrected chi connectivity index (χ0v) is 13.6. The number of nitrogens with zero attached hydrogens (tertiary/aromatic N) is 1. The third kappa shape index (κ3) is 3.37. The van der Waals surface area contributed by atoms with Crippen molar-refractivity contribution in [3.8, 4) is 5.75 Å². The first-order valence-corrected chi connectivity index (χ1v) is 8.10. The van der Waals surface area contributed by atoms with Crippen LogP contribution in [0.2, 0.25) is 5.02 Å². The van der Waals surface area contributed by atoms with Crippen LogP contribution in [0.5, 0.6) is 5.75 Å². The number of anilines is 1. The zero-order chi connectivity index (χ0) is 15.4. The molecule has 1 aliphatic rings. The molecule has 2 aromatic carbocycles. The molecule has 0 atom stereocenters. The maximum Gasteiger partial charge on any atom is 0.142 e. The van der Waals surface area contributed by atoms with Crippen molar-refractivity contribution in [2.24, 2.45) is 0 Å². The Labute approximate surface area is 137 Å². The van der Waals surface area contributed by atoms with Crippen LogP contribution < -0.4 is 14.5 Å². The molecule has 0 radical (unpaired) electrons. The predicted octanol–water partition coefficient (Wildman–Crippen LogP) is 2.25. The van der Waals surface area contributed by atoms with Gasteiger partial charge in [-0.15, -0.1) is 0 Å². The van der Waals surface area contributed by atoms with E-state index >= 15 is 0 Å². The molecular weight excluding hydrogens is 296 g/mol. The first kappa shape index (κ1) is 15.2. The van der Waals surface area contributed by atoms with Crippen molar-refractivity contribution in [2.75, 3.05) is 38.2 Å². The van der Waals surface area contributed by atoms with Crippen molar-refractivity contribution in [3.63, 3.8) is 0 Å². The number of benzene rings is 2. The number of halogens is 1. The van der Waals surface area contributed by atoms with Crippen LogP contribution in [0.15, 0.2) is 48.5 Å². The molecule has 1 N–H and O–H groups in total. The highest BCUT2D eigenvalue weighted by Gasteiger charge is 2.22. The third-order valence-electron chi connectivity index (χ3n) is 4.29. The minimum absolute atomic E-state index is 0.877. The monoisotopic (exact) mass is 317 g/mol. The fourth-order valence-corrected chi connectivity index (χ4v) is 3.25. The molecule has 0 amide bonds. The van der Waals surface area contributed by atoms with Gasteiger partial charge in [-0.1, -0.05) is 41.9 Å². The lowest BCUT2D eigenvalue weighted by molar-refractivity contribution is -0.914. The van der Waals surface area contributed by atoms with Crippen LogP contribution in [0, 0.1) is 0 Å². The lowest BCUT2D eigenvalue weighted by Crippen LogP contribution is -3.13. The second kappa shape index (κ2) is 7.03. The van der Waals surface area contributed by atoms with E-state index in [1.165, 1.54) is 11.3 Å². The molecule has 0 spiro atoms. The second-order valence-corrected chi connectivity index (χ2v) is 6.08. The Morgan fingerprint density at radius 1 is 1.05 bits per heavy atom. The standard InChI is InChI=1S/C18H21ClN2O/c1-22-18-9-5-4-8-17(18)21-12-10-20(11-13-21)14-15-6-2-3-7-16(15)19/h2-9H,10-14H2,1H3/p+1. The topological polar surface area (TPSA) is 16.9 Å². The second-order valence-electron chi connectivity index (χ2n) is 5.68. The van der Waals surface area contributed by atoms with E-state index in [4.69, 9.17) is 16.3 Å². The quantitative estimate of drug-likeness (QED) is 0.931. The fourth-order valence-electron chi connectivity index (χ4n) is 3.04. The summed E-state index contributed by atoms with van der Waals surface area (Å²) in [6.45, 7) is 5.31. The number of piperazine rings is 1. The first-order valence-electron chi connectivity index (χ1n) is 7.73. The molecule has 1 heterocycles. The van der Waals surface area contributed by atoms with Crippen molar-refractivity contribution in [3.05, 3.63) is 59.1 Å². The molecule has 22 heavy (non-hydrogen) atoms. The molecule has 1 saturated heterocycles. The van der Waals surface area contributed by atoms with E-state index in [1.54, 1.807) is 12.0 Å². The van der Waals surface area contributed by atoms with Gasteiger partial charge in [0.1, 0.15) is 12.3 Å². The number of methoxy groups -OCH3 is 1. The van der Waals surface area contributed by atoms with Gasteiger partial charge in [0.25, 0.3) is 0 Å². The van der Waals surface area contributed by atoms with Gasteiger partial charge in [0.05, 0.1) is 39.0 Å². The highest BCUT2D eigenvalue weighted by Crippen LogP contribution is 2.27. The van der Waals surface area contributed by atoms with Crippen LogP contribution >= 0.6 is 11.6 Å². The molecule has 2 aromatic rings. The van der Waals surface area contributed by atoms with Gasteiger partial charge >= 0.3 is 0 Å². The summed E-state index contributed by atoms with van der Waals surface area (Å²) in [6.07, 6.45) is 0. The Bertz CT molecular complexity index is 624. The molecule has 1 aliphatic heterocycles. The molecule has 0 aliphatic carbocycles. The Morgan fingerprint density at radius 2 is 1.73 bits per heavy atom. The maximum absolute atomic E-state index is 6.27. The van der Waals surface area contributed by atoms with Gasteiger partial charge < -0.3 is 14.5 Å². The highest BCUT2D eigenvalue weighted by atomic mass is 35.5. The summed E-state index contributed by atoms with van der Waals surface area (Å²) in [5.41, 5.74) is 2.44. The number of hydrogen-bond acceptors (Lipinski definition) is 2. The van der Waals surface area contributed by atoms with Crippen molar-refractivity contribution in [1.82, 2.24) is 0 Å². The van der Waals surface area contributed by atoms with Crippen LogP contribution in [0.4, 0.5) is 5.69 Å². The summed E-state index contributed by atoms with van der Waals surface area (Å²) in [6, 6.07) is 16.4. The highest BCUT2D eigenvalue weighted by molar-refractivity contribution is 6.31. The van der Waals surface area contributed by atoms with Gasteiger partial charge in [-0.3, -0.25) is 0 Å². The van der Waals surface area contributed by atoms with E-state index in [1.807, 2.05) is 24.3 Å². The number of para-hydroxylation sites is 2. The Balaban J connectivity index is 1.62. The molecule has 116 valence electrons. The average Bonchev–Trinajstić information content (AvgIpc) is 2.58. The predicted molar refractivity (Wildman–Crippen MR) is 91.1 cm³/mol. The third-order valence-corrected chi connectivity index (χ3v) is 4.66. The van der Waals surface area contributed by atoms with Crippen molar-refractivity contribution in [1.29, 1.82) is 0 Å². The van der Waals surface area contributed by atoms with Crippen molar-refractivity contribution in [2.45, 2.75) is 6.54 Å². The smallest absolute Gasteiger partial charge is 0.142 e. The Kier molecular flexibility index (Phi) is 4.86. The molecular formula is C18H22ClN2O+. The van der Waals surface area contributed by atoms with Gasteiger partial charge in [0.15, 0.2) is 0 Å². The molecule has 1 fully saturated rings. The van der Waals surface area contributed by atoms with Gasteiger partial charge in [-0.25, -0.2) is 0 Å². The number of quaternary nitrogens is 1.